The van der Waals surface area contributed by atoms with Crippen molar-refractivity contribution < 1.29 is 0 Å². The third-order valence-corrected chi connectivity index (χ3v) is 3.31. The lowest BCUT2D eigenvalue weighted by Gasteiger charge is -2.12. The number of hydrogen-bond acceptors (Lipinski definition) is 0. The zero-order chi connectivity index (χ0) is 9.36. The van der Waals surface area contributed by atoms with Gasteiger partial charge in [0.25, 0.3) is 0 Å². The van der Waals surface area contributed by atoms with Crippen LogP contribution < -0.4 is 0 Å². The molecule has 1 aliphatic rings. The predicted octanol–water partition coefficient (Wildman–Crippen LogP) is 4.89. The summed E-state index contributed by atoms with van der Waals surface area (Å²) >= 11 is 0. The van der Waals surface area contributed by atoms with Crippen LogP contribution in [0.25, 0.3) is 0 Å². The summed E-state index contributed by atoms with van der Waals surface area (Å²) in [6, 6.07) is 0. The molecule has 0 amide bonds. The van der Waals surface area contributed by atoms with E-state index in [1.54, 1.807) is 0 Å². The second-order valence-electron chi connectivity index (χ2n) is 4.43. The van der Waals surface area contributed by atoms with Crippen LogP contribution in [0.4, 0.5) is 0 Å². The molecule has 1 fully saturated rings. The summed E-state index contributed by atoms with van der Waals surface area (Å²) in [7, 11) is 0. The molecule has 1 radical (unpaired) electrons. The zero-order valence-corrected chi connectivity index (χ0v) is 9.28. The van der Waals surface area contributed by atoms with Crippen LogP contribution in [0.3, 0.4) is 0 Å². The number of hydrogen-bond donors (Lipinski definition) is 0. The first-order valence-corrected chi connectivity index (χ1v) is 6.27. The van der Waals surface area contributed by atoms with Crippen molar-refractivity contribution in [2.45, 2.75) is 77.6 Å². The van der Waals surface area contributed by atoms with Crippen molar-refractivity contribution in [2.75, 3.05) is 0 Å². The van der Waals surface area contributed by atoms with Crippen LogP contribution in [0.15, 0.2) is 0 Å². The first-order valence-electron chi connectivity index (χ1n) is 6.27. The smallest absolute Gasteiger partial charge is 0.0244 e. The fourth-order valence-electron chi connectivity index (χ4n) is 2.29. The van der Waals surface area contributed by atoms with Gasteiger partial charge < -0.3 is 0 Å². The van der Waals surface area contributed by atoms with Crippen LogP contribution >= 0.6 is 0 Å². The van der Waals surface area contributed by atoms with Crippen LogP contribution in [0.1, 0.15) is 77.6 Å². The van der Waals surface area contributed by atoms with Crippen LogP contribution in [0.5, 0.6) is 0 Å². The minimum atomic E-state index is 1.33. The Balaban J connectivity index is 2.18. The van der Waals surface area contributed by atoms with E-state index in [2.05, 4.69) is 6.92 Å². The van der Waals surface area contributed by atoms with Crippen LogP contribution in [0, 0.1) is 5.92 Å². The Morgan fingerprint density at radius 1 is 0.692 bits per heavy atom. The van der Waals surface area contributed by atoms with Gasteiger partial charge in [0, 0.05) is 0 Å². The minimum absolute atomic E-state index is 1.33. The van der Waals surface area contributed by atoms with Gasteiger partial charge in [0.2, 0.25) is 0 Å². The van der Waals surface area contributed by atoms with Crippen molar-refractivity contribution in [3.8, 4) is 0 Å². The van der Waals surface area contributed by atoms with E-state index in [0.717, 1.165) is 0 Å². The summed E-state index contributed by atoms with van der Waals surface area (Å²) in [5.74, 6) is 1.84. The fraction of sp³-hybridized carbons (Fsp3) is 0.923. The molecular formula is C13H25. The van der Waals surface area contributed by atoms with E-state index >= 15 is 0 Å². The summed E-state index contributed by atoms with van der Waals surface area (Å²) in [5, 5.41) is 0. The van der Waals surface area contributed by atoms with Crippen molar-refractivity contribution in [2.24, 2.45) is 0 Å². The van der Waals surface area contributed by atoms with Gasteiger partial charge in [-0.2, -0.15) is 0 Å². The van der Waals surface area contributed by atoms with Crippen molar-refractivity contribution >= 4 is 0 Å². The van der Waals surface area contributed by atoms with Gasteiger partial charge >= 0.3 is 0 Å². The molecule has 0 aromatic carbocycles. The van der Waals surface area contributed by atoms with E-state index in [9.17, 15) is 0 Å². The molecule has 13 heavy (non-hydrogen) atoms. The molecule has 0 N–H and O–H groups in total. The van der Waals surface area contributed by atoms with Gasteiger partial charge in [-0.1, -0.05) is 58.3 Å². The van der Waals surface area contributed by atoms with Gasteiger partial charge in [-0.05, 0) is 25.2 Å². The first-order chi connectivity index (χ1) is 6.43. The molecular weight excluding hydrogens is 156 g/mol. The molecule has 0 bridgehead atoms. The van der Waals surface area contributed by atoms with Crippen LogP contribution in [-0.4, -0.2) is 0 Å². The Hall–Kier alpha value is 0. The normalized spacial score (nSPS) is 23.8. The molecule has 1 rings (SSSR count). The summed E-state index contributed by atoms with van der Waals surface area (Å²) in [5.41, 5.74) is 0. The van der Waals surface area contributed by atoms with E-state index in [4.69, 9.17) is 0 Å². The average molecular weight is 181 g/mol. The lowest BCUT2D eigenvalue weighted by atomic mass is 9.93. The van der Waals surface area contributed by atoms with Gasteiger partial charge in [-0.3, -0.25) is 0 Å². The van der Waals surface area contributed by atoms with Gasteiger partial charge in [0.05, 0.1) is 0 Å². The topological polar surface area (TPSA) is 0 Å². The Bertz CT molecular complexity index is 94.6. The van der Waals surface area contributed by atoms with Crippen LogP contribution in [-0.2, 0) is 0 Å². The maximum absolute atomic E-state index is 2.33. The molecule has 0 atom stereocenters. The molecule has 0 saturated heterocycles. The SMILES string of the molecule is CC[C]1CCCCCCCCCC1. The number of rotatable bonds is 1. The van der Waals surface area contributed by atoms with E-state index in [1.165, 1.54) is 70.6 Å². The Labute approximate surface area is 84.1 Å². The minimum Gasteiger partial charge on any atom is -0.0648 e. The van der Waals surface area contributed by atoms with E-state index in [1.807, 2.05) is 5.92 Å². The van der Waals surface area contributed by atoms with Gasteiger partial charge in [0.15, 0.2) is 0 Å². The van der Waals surface area contributed by atoms with E-state index in [-0.39, 0.29) is 0 Å². The van der Waals surface area contributed by atoms with E-state index in [0.29, 0.717) is 0 Å². The standard InChI is InChI=1S/C13H25/c1-2-13-11-9-7-5-3-4-6-8-10-12-13/h2-12H2,1H3. The summed E-state index contributed by atoms with van der Waals surface area (Å²) in [6.45, 7) is 2.33. The molecule has 0 spiro atoms. The average Bonchev–Trinajstić information content (AvgIpc) is 2.22. The highest BCUT2D eigenvalue weighted by atomic mass is 14.1. The van der Waals surface area contributed by atoms with Gasteiger partial charge in [-0.25, -0.2) is 0 Å². The largest absolute Gasteiger partial charge is 0.0648 e. The molecule has 0 unspecified atom stereocenters. The highest BCUT2D eigenvalue weighted by molar-refractivity contribution is 4.87. The highest BCUT2D eigenvalue weighted by Crippen LogP contribution is 2.24. The molecule has 77 valence electrons. The summed E-state index contributed by atoms with van der Waals surface area (Å²) in [6.07, 6.45) is 16.0. The molecule has 0 aromatic heterocycles. The van der Waals surface area contributed by atoms with Crippen molar-refractivity contribution in [3.05, 3.63) is 5.92 Å². The molecule has 0 nitrogen and oxygen atoms in total. The molecule has 1 saturated carbocycles. The third kappa shape index (κ3) is 5.33. The predicted molar refractivity (Wildman–Crippen MR) is 59.7 cm³/mol. The second-order valence-corrected chi connectivity index (χ2v) is 4.43. The van der Waals surface area contributed by atoms with Crippen LogP contribution in [0.2, 0.25) is 0 Å². The van der Waals surface area contributed by atoms with E-state index < -0.39 is 0 Å². The third-order valence-electron chi connectivity index (χ3n) is 3.31. The quantitative estimate of drug-likeness (QED) is 0.540. The molecule has 0 aromatic rings. The van der Waals surface area contributed by atoms with Crippen molar-refractivity contribution in [1.82, 2.24) is 0 Å². The maximum Gasteiger partial charge on any atom is -0.0244 e. The molecule has 0 heteroatoms. The monoisotopic (exact) mass is 181 g/mol. The van der Waals surface area contributed by atoms with Crippen molar-refractivity contribution in [1.29, 1.82) is 0 Å². The Kier molecular flexibility index (Phi) is 6.31. The lowest BCUT2D eigenvalue weighted by molar-refractivity contribution is 0.585. The Morgan fingerprint density at radius 2 is 1.08 bits per heavy atom. The summed E-state index contributed by atoms with van der Waals surface area (Å²) < 4.78 is 0. The Morgan fingerprint density at radius 3 is 1.46 bits per heavy atom. The lowest BCUT2D eigenvalue weighted by Crippen LogP contribution is -1.95. The zero-order valence-electron chi connectivity index (χ0n) is 9.28. The first kappa shape index (κ1) is 11.1. The highest BCUT2D eigenvalue weighted by Gasteiger charge is 2.07. The maximum atomic E-state index is 2.33. The van der Waals surface area contributed by atoms with Gasteiger partial charge in [-0.15, -0.1) is 0 Å². The van der Waals surface area contributed by atoms with Gasteiger partial charge in [0.1, 0.15) is 0 Å². The second kappa shape index (κ2) is 7.41. The van der Waals surface area contributed by atoms with Crippen molar-refractivity contribution in [3.63, 3.8) is 0 Å². The molecule has 1 aliphatic carbocycles. The molecule has 0 aliphatic heterocycles. The summed E-state index contributed by atoms with van der Waals surface area (Å²) in [4.78, 5) is 0. The fourth-order valence-corrected chi connectivity index (χ4v) is 2.29. The molecule has 0 heterocycles.